The number of rotatable bonds is 13. The van der Waals surface area contributed by atoms with Gasteiger partial charge in [0, 0.05) is 28.5 Å². The molecular formula is C37H41Cl2N3O5S. The summed E-state index contributed by atoms with van der Waals surface area (Å²) in [4.78, 5) is 30.2. The molecular weight excluding hydrogens is 669 g/mol. The summed E-state index contributed by atoms with van der Waals surface area (Å²) < 4.78 is 35.6. The molecule has 0 aliphatic rings. The average Bonchev–Trinajstić information content (AvgIpc) is 3.02. The van der Waals surface area contributed by atoms with Crippen LogP contribution < -0.4 is 14.4 Å². The molecule has 0 bridgehead atoms. The molecule has 0 aliphatic heterocycles. The normalized spacial score (nSPS) is 12.2. The van der Waals surface area contributed by atoms with E-state index < -0.39 is 40.0 Å². The van der Waals surface area contributed by atoms with Gasteiger partial charge in [-0.1, -0.05) is 89.4 Å². The van der Waals surface area contributed by atoms with Crippen molar-refractivity contribution in [3.05, 3.63) is 124 Å². The molecule has 0 aromatic heterocycles. The zero-order chi connectivity index (χ0) is 35.1. The maximum Gasteiger partial charge on any atom is 0.264 e. The minimum absolute atomic E-state index is 0.00538. The summed E-state index contributed by atoms with van der Waals surface area (Å²) in [7, 11) is -4.30. The van der Waals surface area contributed by atoms with Crippen LogP contribution in [0.4, 0.5) is 5.69 Å². The third-order valence-electron chi connectivity index (χ3n) is 7.45. The largest absolute Gasteiger partial charge is 0.492 e. The smallest absolute Gasteiger partial charge is 0.264 e. The number of nitrogens with one attached hydrogen (secondary N) is 1. The Kier molecular flexibility index (Phi) is 12.2. The van der Waals surface area contributed by atoms with E-state index in [0.29, 0.717) is 21.4 Å². The summed E-state index contributed by atoms with van der Waals surface area (Å²) in [5.41, 5.74) is 1.81. The van der Waals surface area contributed by atoms with Crippen LogP contribution >= 0.6 is 23.2 Å². The van der Waals surface area contributed by atoms with Gasteiger partial charge < -0.3 is 15.0 Å². The predicted molar refractivity (Wildman–Crippen MR) is 192 cm³/mol. The zero-order valence-corrected chi connectivity index (χ0v) is 30.1. The fraction of sp³-hybridized carbons (Fsp3) is 0.297. The third-order valence-corrected chi connectivity index (χ3v) is 9.81. The van der Waals surface area contributed by atoms with Crippen LogP contribution in [0.5, 0.6) is 5.75 Å². The van der Waals surface area contributed by atoms with E-state index in [1.54, 1.807) is 61.5 Å². The van der Waals surface area contributed by atoms with Gasteiger partial charge in [0.25, 0.3) is 10.0 Å². The average molecular weight is 711 g/mol. The number of carbonyl (C=O) groups excluding carboxylic acids is 2. The van der Waals surface area contributed by atoms with Crippen LogP contribution in [-0.2, 0) is 32.6 Å². The SMILES string of the molecule is CCOc1ccccc1N(CC(=O)N(Cc1ccc(Cl)cc1Cl)C(Cc1ccccc1)C(=O)NC(C)(C)C)S(=O)(=O)c1ccc(C)cc1. The fourth-order valence-electron chi connectivity index (χ4n) is 5.13. The first-order valence-corrected chi connectivity index (χ1v) is 17.8. The number of hydrogen-bond acceptors (Lipinski definition) is 5. The van der Waals surface area contributed by atoms with Crippen molar-refractivity contribution < 1.29 is 22.7 Å². The molecule has 4 rings (SSSR count). The molecule has 0 heterocycles. The van der Waals surface area contributed by atoms with E-state index in [4.69, 9.17) is 27.9 Å². The second kappa shape index (κ2) is 15.9. The molecule has 1 N–H and O–H groups in total. The number of nitrogens with zero attached hydrogens (tertiary/aromatic N) is 2. The van der Waals surface area contributed by atoms with Gasteiger partial charge >= 0.3 is 0 Å². The molecule has 1 atom stereocenters. The van der Waals surface area contributed by atoms with Gasteiger partial charge in [0.2, 0.25) is 11.8 Å². The maximum absolute atomic E-state index is 14.7. The molecule has 2 amide bonds. The lowest BCUT2D eigenvalue weighted by Crippen LogP contribution is -2.56. The van der Waals surface area contributed by atoms with E-state index in [2.05, 4.69) is 5.32 Å². The summed E-state index contributed by atoms with van der Waals surface area (Å²) in [6, 6.07) is 26.3. The minimum Gasteiger partial charge on any atom is -0.492 e. The van der Waals surface area contributed by atoms with E-state index in [1.165, 1.54) is 17.0 Å². The number of halogens is 2. The number of benzene rings is 4. The van der Waals surface area contributed by atoms with E-state index in [0.717, 1.165) is 15.4 Å². The van der Waals surface area contributed by atoms with Crippen molar-refractivity contribution >= 4 is 50.7 Å². The Bertz CT molecular complexity index is 1830. The standard InChI is InChI=1S/C37H41Cl2N3O5S/c1-6-47-34-15-11-10-14-32(34)42(48(45,46)30-20-16-26(2)17-21-30)25-35(43)41(24-28-18-19-29(38)23-31(28)39)33(36(44)40-37(3,4)5)22-27-12-8-7-9-13-27/h7-21,23,33H,6,22,24-25H2,1-5H3,(H,40,44). The van der Waals surface area contributed by atoms with Gasteiger partial charge in [0.1, 0.15) is 18.3 Å². The molecule has 4 aromatic rings. The molecule has 4 aromatic carbocycles. The van der Waals surface area contributed by atoms with Crippen LogP contribution in [0.1, 0.15) is 44.4 Å². The molecule has 48 heavy (non-hydrogen) atoms. The molecule has 1 unspecified atom stereocenters. The van der Waals surface area contributed by atoms with Gasteiger partial charge in [0.15, 0.2) is 0 Å². The number of anilines is 1. The first kappa shape index (κ1) is 36.8. The molecule has 0 aliphatic carbocycles. The van der Waals surface area contributed by atoms with E-state index >= 15 is 0 Å². The fourth-order valence-corrected chi connectivity index (χ4v) is 7.02. The Balaban J connectivity index is 1.87. The highest BCUT2D eigenvalue weighted by Gasteiger charge is 2.36. The lowest BCUT2D eigenvalue weighted by molar-refractivity contribution is -0.140. The Morgan fingerprint density at radius 2 is 1.54 bits per heavy atom. The molecule has 254 valence electrons. The van der Waals surface area contributed by atoms with Gasteiger partial charge in [-0.3, -0.25) is 13.9 Å². The first-order chi connectivity index (χ1) is 22.7. The summed E-state index contributed by atoms with van der Waals surface area (Å²) in [6.07, 6.45) is 0.167. The number of amides is 2. The summed E-state index contributed by atoms with van der Waals surface area (Å²) in [6.45, 7) is 8.77. The summed E-state index contributed by atoms with van der Waals surface area (Å²) in [5, 5.41) is 3.74. The van der Waals surface area contributed by atoms with Crippen molar-refractivity contribution in [2.75, 3.05) is 17.5 Å². The van der Waals surface area contributed by atoms with E-state index in [1.807, 2.05) is 58.0 Å². The topological polar surface area (TPSA) is 96.0 Å². The number of sulfonamides is 1. The van der Waals surface area contributed by atoms with Crippen LogP contribution in [-0.4, -0.2) is 49.9 Å². The Hall–Kier alpha value is -4.05. The van der Waals surface area contributed by atoms with Crippen molar-refractivity contribution in [3.8, 4) is 5.75 Å². The van der Waals surface area contributed by atoms with Gasteiger partial charge in [-0.05, 0) is 82.1 Å². The van der Waals surface area contributed by atoms with Crippen molar-refractivity contribution in [2.45, 2.75) is 64.1 Å². The highest BCUT2D eigenvalue weighted by Crippen LogP contribution is 2.33. The van der Waals surface area contributed by atoms with Gasteiger partial charge in [-0.25, -0.2) is 8.42 Å². The quantitative estimate of drug-likeness (QED) is 0.156. The first-order valence-electron chi connectivity index (χ1n) is 15.6. The molecule has 0 saturated carbocycles. The minimum atomic E-state index is -4.30. The summed E-state index contributed by atoms with van der Waals surface area (Å²) in [5.74, 6) is -0.720. The number of aryl methyl sites for hydroxylation is 1. The molecule has 0 radical (unpaired) electrons. The van der Waals surface area contributed by atoms with Crippen molar-refractivity contribution in [1.82, 2.24) is 10.2 Å². The highest BCUT2D eigenvalue weighted by atomic mass is 35.5. The molecule has 0 fully saturated rings. The second-order valence-corrected chi connectivity index (χ2v) is 15.1. The van der Waals surface area contributed by atoms with E-state index in [-0.39, 0.29) is 30.2 Å². The van der Waals surface area contributed by atoms with Crippen LogP contribution in [0.25, 0.3) is 0 Å². The summed E-state index contributed by atoms with van der Waals surface area (Å²) >= 11 is 12.8. The Labute approximate surface area is 293 Å². The number of para-hydroxylation sites is 2. The van der Waals surface area contributed by atoms with Crippen molar-refractivity contribution in [3.63, 3.8) is 0 Å². The molecule has 8 nitrogen and oxygen atoms in total. The van der Waals surface area contributed by atoms with Gasteiger partial charge in [0.05, 0.1) is 17.2 Å². The van der Waals surface area contributed by atoms with Crippen molar-refractivity contribution in [2.24, 2.45) is 0 Å². The van der Waals surface area contributed by atoms with Gasteiger partial charge in [-0.2, -0.15) is 0 Å². The predicted octanol–water partition coefficient (Wildman–Crippen LogP) is 7.45. The third kappa shape index (κ3) is 9.52. The van der Waals surface area contributed by atoms with Crippen LogP contribution in [0.15, 0.2) is 102 Å². The van der Waals surface area contributed by atoms with Crippen LogP contribution in [0.3, 0.4) is 0 Å². The van der Waals surface area contributed by atoms with Crippen LogP contribution in [0.2, 0.25) is 10.0 Å². The second-order valence-electron chi connectivity index (χ2n) is 12.4. The molecule has 11 heteroatoms. The number of hydrogen-bond donors (Lipinski definition) is 1. The lowest BCUT2D eigenvalue weighted by atomic mass is 10.0. The Morgan fingerprint density at radius 3 is 2.17 bits per heavy atom. The van der Waals surface area contributed by atoms with E-state index in [9.17, 15) is 18.0 Å². The van der Waals surface area contributed by atoms with Crippen LogP contribution in [0, 0.1) is 6.92 Å². The highest BCUT2D eigenvalue weighted by molar-refractivity contribution is 7.92. The van der Waals surface area contributed by atoms with Gasteiger partial charge in [-0.15, -0.1) is 0 Å². The maximum atomic E-state index is 14.7. The lowest BCUT2D eigenvalue weighted by Gasteiger charge is -2.35. The van der Waals surface area contributed by atoms with Crippen molar-refractivity contribution in [1.29, 1.82) is 0 Å². The Morgan fingerprint density at radius 1 is 0.896 bits per heavy atom. The molecule has 0 saturated heterocycles. The monoisotopic (exact) mass is 709 g/mol. The number of carbonyl (C=O) groups is 2. The molecule has 0 spiro atoms. The number of ether oxygens (including phenoxy) is 1. The zero-order valence-electron chi connectivity index (χ0n) is 27.7.